The Bertz CT molecular complexity index is 981. The van der Waals surface area contributed by atoms with Gasteiger partial charge >= 0.3 is 0 Å². The second kappa shape index (κ2) is 7.89. The van der Waals surface area contributed by atoms with E-state index in [2.05, 4.69) is 10.4 Å². The number of carbonyl (C=O) groups excluding carboxylic acids is 1. The molecule has 29 heavy (non-hydrogen) atoms. The minimum atomic E-state index is -0.265. The van der Waals surface area contributed by atoms with Gasteiger partial charge in [-0.1, -0.05) is 12.1 Å². The Hall–Kier alpha value is -2.83. The highest BCUT2D eigenvalue weighted by atomic mass is 16.5. The van der Waals surface area contributed by atoms with Crippen LogP contribution in [-0.2, 0) is 30.6 Å². The largest absolute Gasteiger partial charge is 0.483 e. The quantitative estimate of drug-likeness (QED) is 0.807. The van der Waals surface area contributed by atoms with E-state index in [1.807, 2.05) is 32.0 Å². The Morgan fingerprint density at radius 1 is 1.28 bits per heavy atom. The number of carbonyl (C=O) groups is 1. The van der Waals surface area contributed by atoms with Gasteiger partial charge < -0.3 is 14.8 Å². The number of nitrogens with zero attached hydrogens (tertiary/aromatic N) is 2. The summed E-state index contributed by atoms with van der Waals surface area (Å²) in [5, 5.41) is 7.25. The number of nitrogens with one attached hydrogen (secondary N) is 1. The van der Waals surface area contributed by atoms with Crippen molar-refractivity contribution in [3.05, 3.63) is 51.4 Å². The minimum Gasteiger partial charge on any atom is -0.483 e. The summed E-state index contributed by atoms with van der Waals surface area (Å²) in [6, 6.07) is 7.42. The van der Waals surface area contributed by atoms with E-state index >= 15 is 0 Å². The molecule has 0 fully saturated rings. The van der Waals surface area contributed by atoms with Gasteiger partial charge in [-0.2, -0.15) is 5.10 Å². The van der Waals surface area contributed by atoms with Crippen LogP contribution >= 0.6 is 0 Å². The van der Waals surface area contributed by atoms with Gasteiger partial charge in [0.05, 0.1) is 12.2 Å². The van der Waals surface area contributed by atoms with E-state index in [4.69, 9.17) is 9.47 Å². The molecule has 1 aromatic carbocycles. The maximum Gasteiger partial charge on any atom is 0.267 e. The molecule has 0 radical (unpaired) electrons. The van der Waals surface area contributed by atoms with E-state index in [0.717, 1.165) is 54.7 Å². The molecule has 1 amide bonds. The normalized spacial score (nSPS) is 16.5. The van der Waals surface area contributed by atoms with Gasteiger partial charge in [-0.05, 0) is 51.2 Å². The lowest BCUT2D eigenvalue weighted by molar-refractivity contribution is -0.123. The van der Waals surface area contributed by atoms with Gasteiger partial charge in [-0.15, -0.1) is 0 Å². The highest BCUT2D eigenvalue weighted by Crippen LogP contribution is 2.41. The summed E-state index contributed by atoms with van der Waals surface area (Å²) in [6.07, 6.45) is 4.87. The van der Waals surface area contributed by atoms with Crippen LogP contribution in [0.1, 0.15) is 43.5 Å². The Balaban J connectivity index is 1.29. The first-order valence-corrected chi connectivity index (χ1v) is 10.2. The lowest BCUT2D eigenvalue weighted by Gasteiger charge is -2.18. The van der Waals surface area contributed by atoms with E-state index in [1.165, 1.54) is 4.68 Å². The third kappa shape index (κ3) is 4.44. The molecule has 2 aliphatic rings. The zero-order valence-electron chi connectivity index (χ0n) is 17.0. The second-order valence-electron chi connectivity index (χ2n) is 8.31. The first-order chi connectivity index (χ1) is 13.9. The molecule has 1 aromatic heterocycles. The van der Waals surface area contributed by atoms with Crippen molar-refractivity contribution in [2.24, 2.45) is 0 Å². The Morgan fingerprint density at radius 3 is 2.97 bits per heavy atom. The first kappa shape index (κ1) is 19.5. The van der Waals surface area contributed by atoms with Crippen LogP contribution in [0.2, 0.25) is 0 Å². The summed E-state index contributed by atoms with van der Waals surface area (Å²) < 4.78 is 13.1. The van der Waals surface area contributed by atoms with Gasteiger partial charge in [-0.3, -0.25) is 9.59 Å². The first-order valence-electron chi connectivity index (χ1n) is 10.2. The SMILES string of the molecule is CC1(C)Cc2cccc(OCC(=O)NCCn3nc4c(cc3=O)CCCC4)c2O1. The van der Waals surface area contributed by atoms with Crippen LogP contribution in [0.25, 0.3) is 0 Å². The van der Waals surface area contributed by atoms with Crippen molar-refractivity contribution in [1.29, 1.82) is 0 Å². The Morgan fingerprint density at radius 2 is 2.10 bits per heavy atom. The topological polar surface area (TPSA) is 82.5 Å². The van der Waals surface area contributed by atoms with E-state index < -0.39 is 0 Å². The molecule has 7 nitrogen and oxygen atoms in total. The number of para-hydroxylation sites is 1. The summed E-state index contributed by atoms with van der Waals surface area (Å²) in [4.78, 5) is 24.4. The highest BCUT2D eigenvalue weighted by Gasteiger charge is 2.32. The maximum absolute atomic E-state index is 12.2. The number of benzene rings is 1. The number of aromatic nitrogens is 2. The zero-order valence-corrected chi connectivity index (χ0v) is 17.0. The molecular formula is C22H27N3O4. The zero-order chi connectivity index (χ0) is 20.4. The highest BCUT2D eigenvalue weighted by molar-refractivity contribution is 5.77. The lowest BCUT2D eigenvalue weighted by atomic mass is 9.97. The van der Waals surface area contributed by atoms with Crippen LogP contribution in [0.3, 0.4) is 0 Å². The summed E-state index contributed by atoms with van der Waals surface area (Å²) >= 11 is 0. The summed E-state index contributed by atoms with van der Waals surface area (Å²) in [6.45, 7) is 4.62. The number of fused-ring (bicyclic) bond motifs is 2. The number of aryl methyl sites for hydroxylation is 2. The van der Waals surface area contributed by atoms with Crippen molar-refractivity contribution >= 4 is 5.91 Å². The molecule has 2 heterocycles. The van der Waals surface area contributed by atoms with Gasteiger partial charge in [0.2, 0.25) is 0 Å². The molecule has 1 aliphatic heterocycles. The van der Waals surface area contributed by atoms with Gasteiger partial charge in [0.25, 0.3) is 11.5 Å². The predicted octanol–water partition coefficient (Wildman–Crippen LogP) is 2.03. The number of rotatable bonds is 6. The summed E-state index contributed by atoms with van der Waals surface area (Å²) in [5.74, 6) is 1.05. The number of ether oxygens (including phenoxy) is 2. The number of hydrogen-bond acceptors (Lipinski definition) is 5. The fraction of sp³-hybridized carbons (Fsp3) is 0.500. The van der Waals surface area contributed by atoms with Crippen LogP contribution in [0, 0.1) is 0 Å². The average molecular weight is 397 g/mol. The predicted molar refractivity (Wildman–Crippen MR) is 108 cm³/mol. The van der Waals surface area contributed by atoms with E-state index in [9.17, 15) is 9.59 Å². The molecule has 0 unspecified atom stereocenters. The Labute approximate surface area is 170 Å². The molecular weight excluding hydrogens is 370 g/mol. The third-order valence-electron chi connectivity index (χ3n) is 5.33. The monoisotopic (exact) mass is 397 g/mol. The van der Waals surface area contributed by atoms with Crippen LogP contribution in [0.5, 0.6) is 11.5 Å². The van der Waals surface area contributed by atoms with Crippen molar-refractivity contribution < 1.29 is 14.3 Å². The van der Waals surface area contributed by atoms with E-state index in [-0.39, 0.29) is 23.7 Å². The number of amides is 1. The van der Waals surface area contributed by atoms with Gasteiger partial charge in [-0.25, -0.2) is 4.68 Å². The van der Waals surface area contributed by atoms with Crippen molar-refractivity contribution in [3.8, 4) is 11.5 Å². The lowest BCUT2D eigenvalue weighted by Crippen LogP contribution is -2.35. The third-order valence-corrected chi connectivity index (χ3v) is 5.33. The molecule has 0 saturated carbocycles. The number of hydrogen-bond donors (Lipinski definition) is 1. The fourth-order valence-electron chi connectivity index (χ4n) is 3.96. The molecule has 0 bridgehead atoms. The minimum absolute atomic E-state index is 0.104. The van der Waals surface area contributed by atoms with Crippen LogP contribution in [0.4, 0.5) is 0 Å². The van der Waals surface area contributed by atoms with Gasteiger partial charge in [0.1, 0.15) is 5.60 Å². The molecule has 1 N–H and O–H groups in total. The second-order valence-corrected chi connectivity index (χ2v) is 8.31. The van der Waals surface area contributed by atoms with Crippen LogP contribution in [0.15, 0.2) is 29.1 Å². The molecule has 0 spiro atoms. The van der Waals surface area contributed by atoms with E-state index in [0.29, 0.717) is 18.8 Å². The van der Waals surface area contributed by atoms with E-state index in [1.54, 1.807) is 6.07 Å². The molecule has 1 aliphatic carbocycles. The molecule has 154 valence electrons. The molecule has 2 aromatic rings. The van der Waals surface area contributed by atoms with Gasteiger partial charge in [0.15, 0.2) is 18.1 Å². The molecule has 0 atom stereocenters. The maximum atomic E-state index is 12.2. The Kier molecular flexibility index (Phi) is 5.30. The smallest absolute Gasteiger partial charge is 0.267 e. The van der Waals surface area contributed by atoms with Crippen molar-refractivity contribution in [3.63, 3.8) is 0 Å². The average Bonchev–Trinajstić information content (AvgIpc) is 3.01. The molecule has 4 rings (SSSR count). The van der Waals surface area contributed by atoms with Crippen molar-refractivity contribution in [2.75, 3.05) is 13.2 Å². The van der Waals surface area contributed by atoms with Crippen LogP contribution in [-0.4, -0.2) is 34.4 Å². The standard InChI is InChI=1S/C22H27N3O4/c1-22(2)13-16-7-5-9-18(21(16)29-22)28-14-19(26)23-10-11-25-20(27)12-15-6-3-4-8-17(15)24-25/h5,7,9,12H,3-4,6,8,10-11,13-14H2,1-2H3,(H,23,26). The summed E-state index contributed by atoms with van der Waals surface area (Å²) in [7, 11) is 0. The van der Waals surface area contributed by atoms with Crippen molar-refractivity contribution in [1.82, 2.24) is 15.1 Å². The summed E-state index contributed by atoms with van der Waals surface area (Å²) in [5.41, 5.74) is 2.78. The molecule has 7 heteroatoms. The van der Waals surface area contributed by atoms with Gasteiger partial charge in [0, 0.05) is 24.6 Å². The molecule has 0 saturated heterocycles. The van der Waals surface area contributed by atoms with Crippen molar-refractivity contribution in [2.45, 2.75) is 58.1 Å². The van der Waals surface area contributed by atoms with Crippen LogP contribution < -0.4 is 20.3 Å². The fourth-order valence-corrected chi connectivity index (χ4v) is 3.96.